The molecule has 23 heavy (non-hydrogen) atoms. The second kappa shape index (κ2) is 7.81. The highest BCUT2D eigenvalue weighted by Gasteiger charge is 2.42. The van der Waals surface area contributed by atoms with Crippen molar-refractivity contribution in [3.63, 3.8) is 0 Å². The first-order valence-electron chi connectivity index (χ1n) is 7.55. The van der Waals surface area contributed by atoms with E-state index in [1.54, 1.807) is 6.07 Å². The van der Waals surface area contributed by atoms with E-state index < -0.39 is 30.5 Å². The first-order valence-corrected chi connectivity index (χ1v) is 7.55. The van der Waals surface area contributed by atoms with E-state index in [-0.39, 0.29) is 17.6 Å². The lowest BCUT2D eigenvalue weighted by Crippen LogP contribution is -2.41. The summed E-state index contributed by atoms with van der Waals surface area (Å²) in [6.45, 7) is 5.50. The number of alkyl halides is 3. The van der Waals surface area contributed by atoms with Gasteiger partial charge in [0.1, 0.15) is 0 Å². The van der Waals surface area contributed by atoms with E-state index in [9.17, 15) is 23.1 Å². The van der Waals surface area contributed by atoms with Crippen molar-refractivity contribution >= 4 is 5.91 Å². The highest BCUT2D eigenvalue weighted by atomic mass is 19.4. The normalized spacial score (nSPS) is 15.1. The standard InChI is InChI=1S/C17H24F3NO2/c1-16(2,3)10-13(11-22)21-15(23)9-14(17(18,19)20)12-7-5-4-6-8-12/h4-8,13-14,22H,9-11H2,1-3H3,(H,21,23). The zero-order valence-electron chi connectivity index (χ0n) is 13.7. The fraction of sp³-hybridized carbons (Fsp3) is 0.588. The van der Waals surface area contributed by atoms with Gasteiger partial charge in [0, 0.05) is 6.42 Å². The number of aliphatic hydroxyl groups excluding tert-OH is 1. The van der Waals surface area contributed by atoms with Gasteiger partial charge in [0.2, 0.25) is 5.91 Å². The number of benzene rings is 1. The molecule has 1 rings (SSSR count). The average Bonchev–Trinajstić information content (AvgIpc) is 2.42. The van der Waals surface area contributed by atoms with Crippen molar-refractivity contribution in [2.45, 2.75) is 51.7 Å². The monoisotopic (exact) mass is 331 g/mol. The van der Waals surface area contributed by atoms with Gasteiger partial charge < -0.3 is 10.4 Å². The molecule has 1 aromatic carbocycles. The third-order valence-electron chi connectivity index (χ3n) is 3.43. The van der Waals surface area contributed by atoms with Gasteiger partial charge in [-0.05, 0) is 17.4 Å². The molecule has 6 heteroatoms. The number of amides is 1. The largest absolute Gasteiger partial charge is 0.396 e. The van der Waals surface area contributed by atoms with E-state index in [4.69, 9.17) is 0 Å². The molecule has 2 atom stereocenters. The second-order valence-corrected chi connectivity index (χ2v) is 6.92. The lowest BCUT2D eigenvalue weighted by atomic mass is 9.88. The molecule has 0 radical (unpaired) electrons. The molecule has 0 spiro atoms. The molecule has 0 heterocycles. The van der Waals surface area contributed by atoms with Gasteiger partial charge in [-0.1, -0.05) is 51.1 Å². The fourth-order valence-electron chi connectivity index (χ4n) is 2.48. The van der Waals surface area contributed by atoms with E-state index in [1.807, 2.05) is 20.8 Å². The van der Waals surface area contributed by atoms with Gasteiger partial charge in [-0.2, -0.15) is 13.2 Å². The third-order valence-corrected chi connectivity index (χ3v) is 3.43. The lowest BCUT2D eigenvalue weighted by Gasteiger charge is -2.26. The molecule has 0 bridgehead atoms. The van der Waals surface area contributed by atoms with Gasteiger partial charge in [-0.3, -0.25) is 4.79 Å². The number of aliphatic hydroxyl groups is 1. The molecule has 0 saturated carbocycles. The van der Waals surface area contributed by atoms with Crippen LogP contribution in [-0.4, -0.2) is 29.8 Å². The summed E-state index contributed by atoms with van der Waals surface area (Å²) in [5.74, 6) is -2.56. The summed E-state index contributed by atoms with van der Waals surface area (Å²) in [5.41, 5.74) is -0.0877. The smallest absolute Gasteiger partial charge is 0.394 e. The SMILES string of the molecule is CC(C)(C)CC(CO)NC(=O)CC(c1ccccc1)C(F)(F)F. The van der Waals surface area contributed by atoms with Gasteiger partial charge in [0.15, 0.2) is 0 Å². The first-order chi connectivity index (χ1) is 10.5. The van der Waals surface area contributed by atoms with Gasteiger partial charge in [-0.25, -0.2) is 0 Å². The summed E-state index contributed by atoms with van der Waals surface area (Å²) < 4.78 is 39.7. The van der Waals surface area contributed by atoms with Gasteiger partial charge in [0.25, 0.3) is 0 Å². The number of carbonyl (C=O) groups excluding carboxylic acids is 1. The molecule has 3 nitrogen and oxygen atoms in total. The summed E-state index contributed by atoms with van der Waals surface area (Å²) in [6.07, 6.45) is -4.71. The van der Waals surface area contributed by atoms with Crippen LogP contribution in [-0.2, 0) is 4.79 Å². The molecular formula is C17H24F3NO2. The molecule has 0 saturated heterocycles. The summed E-state index contributed by atoms with van der Waals surface area (Å²) in [7, 11) is 0. The average molecular weight is 331 g/mol. The molecule has 0 aliphatic heterocycles. The Kier molecular flexibility index (Phi) is 6.62. The first kappa shape index (κ1) is 19.5. The minimum atomic E-state index is -4.50. The highest BCUT2D eigenvalue weighted by molar-refractivity contribution is 5.77. The van der Waals surface area contributed by atoms with Crippen molar-refractivity contribution in [3.8, 4) is 0 Å². The summed E-state index contributed by atoms with van der Waals surface area (Å²) in [6, 6.07) is 6.84. The Balaban J connectivity index is 2.78. The number of carbonyl (C=O) groups is 1. The van der Waals surface area contributed by atoms with E-state index in [0.29, 0.717) is 6.42 Å². The van der Waals surface area contributed by atoms with Crippen LogP contribution in [0.15, 0.2) is 30.3 Å². The van der Waals surface area contributed by atoms with Crippen LogP contribution in [0.25, 0.3) is 0 Å². The Labute approximate surface area is 134 Å². The van der Waals surface area contributed by atoms with E-state index in [1.165, 1.54) is 24.3 Å². The minimum Gasteiger partial charge on any atom is -0.394 e. The summed E-state index contributed by atoms with van der Waals surface area (Å²) in [5, 5.41) is 11.8. The maximum Gasteiger partial charge on any atom is 0.396 e. The Hall–Kier alpha value is -1.56. The maximum absolute atomic E-state index is 13.2. The Bertz CT molecular complexity index is 495. The van der Waals surface area contributed by atoms with Crippen LogP contribution >= 0.6 is 0 Å². The van der Waals surface area contributed by atoms with Crippen molar-refractivity contribution in [2.24, 2.45) is 5.41 Å². The van der Waals surface area contributed by atoms with Gasteiger partial charge in [-0.15, -0.1) is 0 Å². The third kappa shape index (κ3) is 7.03. The van der Waals surface area contributed by atoms with Crippen LogP contribution in [0.1, 0.15) is 45.1 Å². The molecule has 1 amide bonds. The molecule has 0 aliphatic rings. The topological polar surface area (TPSA) is 49.3 Å². The van der Waals surface area contributed by atoms with E-state index in [0.717, 1.165) is 0 Å². The van der Waals surface area contributed by atoms with Crippen LogP contribution < -0.4 is 5.32 Å². The number of nitrogens with one attached hydrogen (secondary N) is 1. The Morgan fingerprint density at radius 3 is 2.17 bits per heavy atom. The molecule has 130 valence electrons. The zero-order valence-corrected chi connectivity index (χ0v) is 13.7. The minimum absolute atomic E-state index is 0.0616. The van der Waals surface area contributed by atoms with Crippen LogP contribution in [0.3, 0.4) is 0 Å². The van der Waals surface area contributed by atoms with Crippen LogP contribution in [0.2, 0.25) is 0 Å². The van der Waals surface area contributed by atoms with Crippen LogP contribution in [0.4, 0.5) is 13.2 Å². The van der Waals surface area contributed by atoms with Gasteiger partial charge in [0.05, 0.1) is 18.6 Å². The Morgan fingerprint density at radius 2 is 1.74 bits per heavy atom. The van der Waals surface area contributed by atoms with Gasteiger partial charge >= 0.3 is 6.18 Å². The lowest BCUT2D eigenvalue weighted by molar-refractivity contribution is -0.157. The zero-order chi connectivity index (χ0) is 17.7. The molecule has 1 aromatic rings. The molecule has 0 fully saturated rings. The van der Waals surface area contributed by atoms with Crippen molar-refractivity contribution in [2.75, 3.05) is 6.61 Å². The van der Waals surface area contributed by atoms with Crippen molar-refractivity contribution in [1.29, 1.82) is 0 Å². The summed E-state index contributed by atoms with van der Waals surface area (Å²) in [4.78, 5) is 12.0. The van der Waals surface area contributed by atoms with Crippen LogP contribution in [0, 0.1) is 5.41 Å². The van der Waals surface area contributed by atoms with Crippen molar-refractivity contribution in [1.82, 2.24) is 5.32 Å². The number of rotatable bonds is 6. The molecule has 2 unspecified atom stereocenters. The van der Waals surface area contributed by atoms with Crippen LogP contribution in [0.5, 0.6) is 0 Å². The number of hydrogen-bond acceptors (Lipinski definition) is 2. The predicted octanol–water partition coefficient (Wildman–Crippen LogP) is 3.64. The molecule has 2 N–H and O–H groups in total. The van der Waals surface area contributed by atoms with Crippen molar-refractivity contribution in [3.05, 3.63) is 35.9 Å². The second-order valence-electron chi connectivity index (χ2n) is 6.92. The summed E-state index contributed by atoms with van der Waals surface area (Å²) >= 11 is 0. The van der Waals surface area contributed by atoms with Crippen molar-refractivity contribution < 1.29 is 23.1 Å². The quantitative estimate of drug-likeness (QED) is 0.836. The highest BCUT2D eigenvalue weighted by Crippen LogP contribution is 2.37. The molecular weight excluding hydrogens is 307 g/mol. The van der Waals surface area contributed by atoms with E-state index >= 15 is 0 Å². The number of halogens is 3. The molecule has 0 aromatic heterocycles. The predicted molar refractivity (Wildman–Crippen MR) is 82.9 cm³/mol. The number of hydrogen-bond donors (Lipinski definition) is 2. The Morgan fingerprint density at radius 1 is 1.17 bits per heavy atom. The molecule has 0 aliphatic carbocycles. The maximum atomic E-state index is 13.2. The fourth-order valence-corrected chi connectivity index (χ4v) is 2.48. The van der Waals surface area contributed by atoms with E-state index in [2.05, 4.69) is 5.32 Å².